The van der Waals surface area contributed by atoms with Crippen LogP contribution in [-0.2, 0) is 0 Å². The minimum atomic E-state index is 0.257. The van der Waals surface area contributed by atoms with Crippen molar-refractivity contribution in [1.29, 1.82) is 0 Å². The molecule has 0 radical (unpaired) electrons. The molecule has 2 fully saturated rings. The van der Waals surface area contributed by atoms with Gasteiger partial charge in [0.2, 0.25) is 5.88 Å². The van der Waals surface area contributed by atoms with Crippen LogP contribution in [0.25, 0.3) is 0 Å². The van der Waals surface area contributed by atoms with E-state index in [4.69, 9.17) is 4.74 Å². The van der Waals surface area contributed by atoms with Crippen LogP contribution in [-0.4, -0.2) is 22.6 Å². The molecule has 0 aliphatic heterocycles. The normalized spacial score (nSPS) is 34.2. The summed E-state index contributed by atoms with van der Waals surface area (Å²) in [6.45, 7) is 10.1. The van der Waals surface area contributed by atoms with Crippen LogP contribution >= 0.6 is 0 Å². The van der Waals surface area contributed by atoms with E-state index in [0.717, 1.165) is 24.7 Å². The number of fused-ring (bicyclic) bond motifs is 2. The van der Waals surface area contributed by atoms with Gasteiger partial charge in [0.1, 0.15) is 11.9 Å². The second-order valence-corrected chi connectivity index (χ2v) is 6.99. The Morgan fingerprint density at radius 2 is 2.15 bits per heavy atom. The molecule has 0 aromatic carbocycles. The number of nitrogens with zero attached hydrogens (tertiary/aromatic N) is 2. The summed E-state index contributed by atoms with van der Waals surface area (Å²) in [5.74, 6) is 2.22. The van der Waals surface area contributed by atoms with Gasteiger partial charge in [-0.15, -0.1) is 0 Å². The highest BCUT2D eigenvalue weighted by atomic mass is 16.5. The van der Waals surface area contributed by atoms with Gasteiger partial charge in [0, 0.05) is 12.0 Å². The third kappa shape index (κ3) is 1.88. The number of rotatable bonds is 4. The maximum Gasteiger partial charge on any atom is 0.234 e. The molecule has 2 bridgehead atoms. The zero-order valence-corrected chi connectivity index (χ0v) is 12.9. The number of nitrogens with one attached hydrogen (secondary N) is 1. The maximum absolute atomic E-state index is 6.22. The topological polar surface area (TPSA) is 47.0 Å². The van der Waals surface area contributed by atoms with Crippen LogP contribution in [0.1, 0.15) is 47.0 Å². The fraction of sp³-hybridized carbons (Fsp3) is 0.750. The van der Waals surface area contributed by atoms with Crippen molar-refractivity contribution in [3.05, 3.63) is 12.4 Å². The summed E-state index contributed by atoms with van der Waals surface area (Å²) in [6.07, 6.45) is 7.48. The Balaban J connectivity index is 1.78. The standard InChI is InChI=1S/C16H25N3O/c1-5-18-13-9-17-10-14(19-13)20-12-8-11-6-7-16(12,4)15(11,2)3/h9-12H,5-8H2,1-4H3,(H,18,19). The van der Waals surface area contributed by atoms with Gasteiger partial charge in [-0.1, -0.05) is 20.8 Å². The van der Waals surface area contributed by atoms with Gasteiger partial charge in [-0.05, 0) is 37.5 Å². The minimum Gasteiger partial charge on any atom is -0.473 e. The van der Waals surface area contributed by atoms with Gasteiger partial charge in [0.25, 0.3) is 0 Å². The Morgan fingerprint density at radius 3 is 2.75 bits per heavy atom. The van der Waals surface area contributed by atoms with Crippen molar-refractivity contribution in [2.24, 2.45) is 16.7 Å². The molecule has 20 heavy (non-hydrogen) atoms. The predicted octanol–water partition coefficient (Wildman–Crippen LogP) is 3.50. The van der Waals surface area contributed by atoms with Crippen LogP contribution in [0.15, 0.2) is 12.4 Å². The number of ether oxygens (including phenoxy) is 1. The summed E-state index contributed by atoms with van der Waals surface area (Å²) in [5.41, 5.74) is 0.623. The fourth-order valence-electron chi connectivity index (χ4n) is 4.13. The van der Waals surface area contributed by atoms with E-state index in [2.05, 4.69) is 43.0 Å². The van der Waals surface area contributed by atoms with Gasteiger partial charge in [0.05, 0.1) is 12.4 Å². The van der Waals surface area contributed by atoms with E-state index < -0.39 is 0 Å². The van der Waals surface area contributed by atoms with Crippen molar-refractivity contribution in [1.82, 2.24) is 9.97 Å². The van der Waals surface area contributed by atoms with Crippen LogP contribution in [0.5, 0.6) is 5.88 Å². The quantitative estimate of drug-likeness (QED) is 0.913. The van der Waals surface area contributed by atoms with Crippen LogP contribution in [0.2, 0.25) is 0 Å². The van der Waals surface area contributed by atoms with Crippen molar-refractivity contribution < 1.29 is 4.74 Å². The molecule has 2 aliphatic rings. The molecule has 1 aromatic heterocycles. The average molecular weight is 275 g/mol. The molecule has 0 amide bonds. The molecule has 0 spiro atoms. The zero-order valence-electron chi connectivity index (χ0n) is 12.9. The Bertz CT molecular complexity index is 502. The predicted molar refractivity (Wildman–Crippen MR) is 79.8 cm³/mol. The third-order valence-electron chi connectivity index (χ3n) is 5.95. The van der Waals surface area contributed by atoms with Crippen LogP contribution in [0.3, 0.4) is 0 Å². The highest BCUT2D eigenvalue weighted by molar-refractivity contribution is 5.33. The molecule has 1 aromatic rings. The first-order valence-corrected chi connectivity index (χ1v) is 7.70. The Morgan fingerprint density at radius 1 is 1.35 bits per heavy atom. The van der Waals surface area contributed by atoms with E-state index >= 15 is 0 Å². The van der Waals surface area contributed by atoms with Gasteiger partial charge in [0.15, 0.2) is 0 Å². The lowest BCUT2D eigenvalue weighted by Gasteiger charge is -2.38. The molecular formula is C16H25N3O. The summed E-state index contributed by atoms with van der Waals surface area (Å²) in [7, 11) is 0. The summed E-state index contributed by atoms with van der Waals surface area (Å²) in [6, 6.07) is 0. The number of hydrogen-bond donors (Lipinski definition) is 1. The average Bonchev–Trinajstić information content (AvgIpc) is 2.73. The molecule has 1 heterocycles. The summed E-state index contributed by atoms with van der Waals surface area (Å²) in [4.78, 5) is 8.71. The number of anilines is 1. The van der Waals surface area contributed by atoms with Crippen molar-refractivity contribution in [3.8, 4) is 5.88 Å². The third-order valence-corrected chi connectivity index (χ3v) is 5.95. The largest absolute Gasteiger partial charge is 0.473 e. The zero-order chi connectivity index (χ0) is 14.4. The van der Waals surface area contributed by atoms with E-state index in [1.54, 1.807) is 12.4 Å². The smallest absolute Gasteiger partial charge is 0.234 e. The first-order valence-electron chi connectivity index (χ1n) is 7.70. The van der Waals surface area contributed by atoms with Crippen molar-refractivity contribution in [3.63, 3.8) is 0 Å². The SMILES string of the molecule is CCNc1cncc(OC2CC3CCC2(C)C3(C)C)n1. The van der Waals surface area contributed by atoms with E-state index in [1.165, 1.54) is 12.8 Å². The second-order valence-electron chi connectivity index (χ2n) is 6.99. The lowest BCUT2D eigenvalue weighted by molar-refractivity contribution is 0.0271. The van der Waals surface area contributed by atoms with Crippen molar-refractivity contribution in [2.45, 2.75) is 53.1 Å². The molecular weight excluding hydrogens is 250 g/mol. The van der Waals surface area contributed by atoms with E-state index in [9.17, 15) is 0 Å². The Labute approximate surface area is 121 Å². The summed E-state index contributed by atoms with van der Waals surface area (Å²) in [5, 5.41) is 3.18. The molecule has 0 saturated heterocycles. The van der Waals surface area contributed by atoms with Crippen LogP contribution in [0.4, 0.5) is 5.82 Å². The molecule has 3 unspecified atom stereocenters. The molecule has 3 rings (SSSR count). The molecule has 1 N–H and O–H groups in total. The van der Waals surface area contributed by atoms with Gasteiger partial charge >= 0.3 is 0 Å². The lowest BCUT2D eigenvalue weighted by Crippen LogP contribution is -2.39. The molecule has 4 heteroatoms. The van der Waals surface area contributed by atoms with Crippen molar-refractivity contribution >= 4 is 5.82 Å². The van der Waals surface area contributed by atoms with Gasteiger partial charge in [-0.3, -0.25) is 4.98 Å². The Hall–Kier alpha value is -1.32. The molecule has 2 aliphatic carbocycles. The van der Waals surface area contributed by atoms with Crippen LogP contribution < -0.4 is 10.1 Å². The van der Waals surface area contributed by atoms with Crippen LogP contribution in [0, 0.1) is 16.7 Å². The van der Waals surface area contributed by atoms with Crippen molar-refractivity contribution in [2.75, 3.05) is 11.9 Å². The van der Waals surface area contributed by atoms with Gasteiger partial charge < -0.3 is 10.1 Å². The molecule has 3 atom stereocenters. The van der Waals surface area contributed by atoms with Gasteiger partial charge in [-0.25, -0.2) is 0 Å². The Kier molecular flexibility index (Phi) is 3.14. The highest BCUT2D eigenvalue weighted by Gasteiger charge is 2.62. The number of hydrogen-bond acceptors (Lipinski definition) is 4. The van der Waals surface area contributed by atoms with E-state index in [1.807, 2.05) is 0 Å². The monoisotopic (exact) mass is 275 g/mol. The first-order chi connectivity index (χ1) is 9.47. The van der Waals surface area contributed by atoms with E-state index in [-0.39, 0.29) is 11.5 Å². The second kappa shape index (κ2) is 4.61. The maximum atomic E-state index is 6.22. The fourth-order valence-corrected chi connectivity index (χ4v) is 4.13. The number of aromatic nitrogens is 2. The molecule has 2 saturated carbocycles. The molecule has 110 valence electrons. The lowest BCUT2D eigenvalue weighted by atomic mass is 9.70. The van der Waals surface area contributed by atoms with E-state index in [0.29, 0.717) is 11.3 Å². The molecule has 4 nitrogen and oxygen atoms in total. The first kappa shape index (κ1) is 13.7. The highest BCUT2D eigenvalue weighted by Crippen LogP contribution is 2.66. The minimum absolute atomic E-state index is 0.257. The van der Waals surface area contributed by atoms with Gasteiger partial charge in [-0.2, -0.15) is 4.98 Å². The summed E-state index contributed by atoms with van der Waals surface area (Å²) >= 11 is 0. The summed E-state index contributed by atoms with van der Waals surface area (Å²) < 4.78 is 6.22.